The van der Waals surface area contributed by atoms with Crippen LogP contribution in [-0.2, 0) is 4.79 Å². The molecule has 2 amide bonds. The van der Waals surface area contributed by atoms with Gasteiger partial charge >= 0.3 is 0 Å². The van der Waals surface area contributed by atoms with Crippen molar-refractivity contribution in [3.63, 3.8) is 0 Å². The number of piperidine rings is 1. The van der Waals surface area contributed by atoms with Crippen molar-refractivity contribution in [3.05, 3.63) is 34.7 Å². The molecule has 6 heteroatoms. The fourth-order valence-corrected chi connectivity index (χ4v) is 3.89. The molecule has 0 bridgehead atoms. The van der Waals surface area contributed by atoms with E-state index in [1.807, 2.05) is 31.2 Å². The Labute approximate surface area is 146 Å². The summed E-state index contributed by atoms with van der Waals surface area (Å²) in [6, 6.07) is 7.54. The second-order valence-corrected chi connectivity index (χ2v) is 7.07. The van der Waals surface area contributed by atoms with Gasteiger partial charge in [-0.05, 0) is 61.7 Å². The van der Waals surface area contributed by atoms with Crippen molar-refractivity contribution in [1.82, 2.24) is 4.90 Å². The number of ether oxygens (including phenoxy) is 1. The zero-order chi connectivity index (χ0) is 16.9. The Kier molecular flexibility index (Phi) is 5.58. The van der Waals surface area contributed by atoms with E-state index in [1.54, 1.807) is 6.08 Å². The fraction of sp³-hybridized carbons (Fsp3) is 0.444. The zero-order valence-electron chi connectivity index (χ0n) is 13.9. The first-order valence-corrected chi connectivity index (χ1v) is 9.31. The van der Waals surface area contributed by atoms with Gasteiger partial charge < -0.3 is 9.64 Å². The minimum absolute atomic E-state index is 0.157. The molecule has 2 fully saturated rings. The molecule has 0 aromatic heterocycles. The van der Waals surface area contributed by atoms with Crippen molar-refractivity contribution in [2.24, 2.45) is 0 Å². The summed E-state index contributed by atoms with van der Waals surface area (Å²) in [4.78, 5) is 28.0. The molecule has 5 nitrogen and oxygen atoms in total. The van der Waals surface area contributed by atoms with E-state index >= 15 is 0 Å². The van der Waals surface area contributed by atoms with E-state index in [0.29, 0.717) is 18.2 Å². The van der Waals surface area contributed by atoms with E-state index in [9.17, 15) is 9.59 Å². The Bertz CT molecular complexity index is 636. The van der Waals surface area contributed by atoms with Crippen LogP contribution >= 0.6 is 11.8 Å². The molecular formula is C18H23N2O3S+. The number of benzene rings is 1. The lowest BCUT2D eigenvalue weighted by molar-refractivity contribution is -0.912. The molecule has 1 aromatic carbocycles. The number of hydrogen-bond donors (Lipinski definition) is 1. The molecule has 2 aliphatic rings. The van der Waals surface area contributed by atoms with Crippen LogP contribution in [0, 0.1) is 0 Å². The summed E-state index contributed by atoms with van der Waals surface area (Å²) < 4.78 is 5.41. The number of nitrogens with one attached hydrogen (secondary N) is 1. The van der Waals surface area contributed by atoms with Gasteiger partial charge in [-0.25, -0.2) is 4.90 Å². The lowest BCUT2D eigenvalue weighted by atomic mass is 10.1. The van der Waals surface area contributed by atoms with Crippen LogP contribution in [0.15, 0.2) is 29.2 Å². The van der Waals surface area contributed by atoms with Crippen LogP contribution in [0.4, 0.5) is 4.79 Å². The molecule has 0 saturated carbocycles. The molecule has 0 atom stereocenters. The molecule has 0 radical (unpaired) electrons. The molecule has 3 rings (SSSR count). The normalized spacial score (nSPS) is 20.9. The van der Waals surface area contributed by atoms with Crippen LogP contribution in [0.1, 0.15) is 31.7 Å². The number of amides is 2. The maximum atomic E-state index is 12.5. The summed E-state index contributed by atoms with van der Waals surface area (Å²) in [5.41, 5.74) is 0.897. The number of rotatable bonds is 5. The van der Waals surface area contributed by atoms with Crippen LogP contribution in [0.3, 0.4) is 0 Å². The summed E-state index contributed by atoms with van der Waals surface area (Å²) in [6.07, 6.45) is 5.39. The highest BCUT2D eigenvalue weighted by Gasteiger charge is 2.37. The molecule has 128 valence electrons. The summed E-state index contributed by atoms with van der Waals surface area (Å²) in [5.74, 6) is 0.633. The van der Waals surface area contributed by atoms with Crippen LogP contribution in [0.5, 0.6) is 5.75 Å². The summed E-state index contributed by atoms with van der Waals surface area (Å²) in [6.45, 7) is 5.13. The zero-order valence-corrected chi connectivity index (χ0v) is 14.7. The Morgan fingerprint density at radius 1 is 1.17 bits per heavy atom. The monoisotopic (exact) mass is 347 g/mol. The van der Waals surface area contributed by atoms with Gasteiger partial charge in [-0.15, -0.1) is 0 Å². The van der Waals surface area contributed by atoms with Gasteiger partial charge in [0.1, 0.15) is 5.75 Å². The smallest absolute Gasteiger partial charge is 0.298 e. The van der Waals surface area contributed by atoms with Gasteiger partial charge in [0.15, 0.2) is 6.67 Å². The summed E-state index contributed by atoms with van der Waals surface area (Å²) in [7, 11) is 0. The average Bonchev–Trinajstić information content (AvgIpc) is 2.85. The minimum atomic E-state index is -0.169. The maximum absolute atomic E-state index is 12.5. The first kappa shape index (κ1) is 17.0. The van der Waals surface area contributed by atoms with Gasteiger partial charge in [-0.2, -0.15) is 0 Å². The third-order valence-electron chi connectivity index (χ3n) is 4.30. The number of hydrogen-bond acceptors (Lipinski definition) is 4. The van der Waals surface area contributed by atoms with Crippen molar-refractivity contribution in [2.75, 3.05) is 26.4 Å². The first-order chi connectivity index (χ1) is 11.7. The van der Waals surface area contributed by atoms with Gasteiger partial charge in [-0.3, -0.25) is 9.59 Å². The quantitative estimate of drug-likeness (QED) is 0.829. The third kappa shape index (κ3) is 3.99. The number of carbonyl (C=O) groups is 2. The lowest BCUT2D eigenvalue weighted by Crippen LogP contribution is -3.14. The van der Waals surface area contributed by atoms with Crippen molar-refractivity contribution >= 4 is 29.0 Å². The van der Waals surface area contributed by atoms with Gasteiger partial charge in [0.05, 0.1) is 24.6 Å². The highest BCUT2D eigenvalue weighted by atomic mass is 32.2. The van der Waals surface area contributed by atoms with Crippen molar-refractivity contribution < 1.29 is 19.2 Å². The van der Waals surface area contributed by atoms with Crippen LogP contribution in [0.25, 0.3) is 6.08 Å². The van der Waals surface area contributed by atoms with Crippen LogP contribution in [-0.4, -0.2) is 42.4 Å². The summed E-state index contributed by atoms with van der Waals surface area (Å²) in [5, 5.41) is -0.157. The molecule has 24 heavy (non-hydrogen) atoms. The predicted octanol–water partition coefficient (Wildman–Crippen LogP) is 2.15. The number of carbonyl (C=O) groups excluding carboxylic acids is 2. The molecule has 0 aliphatic carbocycles. The molecule has 0 unspecified atom stereocenters. The lowest BCUT2D eigenvalue weighted by Gasteiger charge is -2.26. The van der Waals surface area contributed by atoms with Crippen LogP contribution < -0.4 is 9.64 Å². The molecule has 0 spiro atoms. The molecular weight excluding hydrogens is 324 g/mol. The molecule has 1 aromatic rings. The van der Waals surface area contributed by atoms with E-state index in [1.165, 1.54) is 29.1 Å². The Hall–Kier alpha value is -1.79. The Morgan fingerprint density at radius 2 is 1.88 bits per heavy atom. The Balaban J connectivity index is 1.68. The van der Waals surface area contributed by atoms with E-state index in [4.69, 9.17) is 4.74 Å². The molecule has 2 saturated heterocycles. The highest BCUT2D eigenvalue weighted by Crippen LogP contribution is 2.31. The standard InChI is InChI=1S/C18H22N2O3S/c1-2-23-15-8-6-14(7-9-15)12-16-17(21)20(18(22)24-16)13-19-10-4-3-5-11-19/h6-9,12H,2-5,10-11,13H2,1H3/p+1/b16-12-. The topological polar surface area (TPSA) is 51.0 Å². The second-order valence-electron chi connectivity index (χ2n) is 6.08. The van der Waals surface area contributed by atoms with Gasteiger partial charge in [0.2, 0.25) is 0 Å². The predicted molar refractivity (Wildman–Crippen MR) is 94.8 cm³/mol. The first-order valence-electron chi connectivity index (χ1n) is 8.49. The third-order valence-corrected chi connectivity index (χ3v) is 5.21. The Morgan fingerprint density at radius 3 is 2.54 bits per heavy atom. The number of thioether (sulfide) groups is 1. The van der Waals surface area contributed by atoms with E-state index in [-0.39, 0.29) is 11.1 Å². The summed E-state index contributed by atoms with van der Waals surface area (Å²) >= 11 is 1.03. The SMILES string of the molecule is CCOc1ccc(/C=C2\SC(=O)N(C[NH+]3CCCCC3)C2=O)cc1. The van der Waals surface area contributed by atoms with Crippen molar-refractivity contribution in [3.8, 4) is 5.75 Å². The fourth-order valence-electron chi connectivity index (χ4n) is 3.05. The van der Waals surface area contributed by atoms with E-state index in [2.05, 4.69) is 0 Å². The van der Waals surface area contributed by atoms with Crippen molar-refractivity contribution in [2.45, 2.75) is 26.2 Å². The second kappa shape index (κ2) is 7.85. The van der Waals surface area contributed by atoms with Crippen molar-refractivity contribution in [1.29, 1.82) is 0 Å². The molecule has 2 aliphatic heterocycles. The van der Waals surface area contributed by atoms with Gasteiger partial charge in [0.25, 0.3) is 11.1 Å². The maximum Gasteiger partial charge on any atom is 0.298 e. The van der Waals surface area contributed by atoms with Gasteiger partial charge in [-0.1, -0.05) is 12.1 Å². The largest absolute Gasteiger partial charge is 0.494 e. The van der Waals surface area contributed by atoms with Crippen LogP contribution in [0.2, 0.25) is 0 Å². The van der Waals surface area contributed by atoms with Gasteiger partial charge in [0, 0.05) is 0 Å². The average molecular weight is 347 g/mol. The number of likely N-dealkylation sites (tertiary alicyclic amines) is 1. The molecule has 2 heterocycles. The highest BCUT2D eigenvalue weighted by molar-refractivity contribution is 8.18. The van der Waals surface area contributed by atoms with E-state index < -0.39 is 0 Å². The number of imide groups is 1. The minimum Gasteiger partial charge on any atom is -0.494 e. The molecule has 1 N–H and O–H groups in total. The number of nitrogens with zero attached hydrogens (tertiary/aromatic N) is 1. The van der Waals surface area contributed by atoms with E-state index in [0.717, 1.165) is 36.2 Å². The number of quaternary nitrogens is 1.